The summed E-state index contributed by atoms with van der Waals surface area (Å²) in [5.41, 5.74) is 8.61. The summed E-state index contributed by atoms with van der Waals surface area (Å²) in [4.78, 5) is 14.3. The molecule has 0 saturated heterocycles. The number of hydrogen-bond donors (Lipinski definition) is 1. The van der Waals surface area contributed by atoms with Crippen LogP contribution in [0.1, 0.15) is 41.3 Å². The molecule has 0 fully saturated rings. The Hall–Kier alpha value is -1.35. The normalized spacial score (nSPS) is 10.4. The summed E-state index contributed by atoms with van der Waals surface area (Å²) in [5, 5.41) is 0. The highest BCUT2D eigenvalue weighted by Gasteiger charge is 2.16. The second-order valence-electron chi connectivity index (χ2n) is 4.75. The maximum atomic E-state index is 12.4. The van der Waals surface area contributed by atoms with Gasteiger partial charge in [-0.05, 0) is 31.9 Å². The molecule has 0 aliphatic carbocycles. The number of rotatable bonds is 6. The Balaban J connectivity index is 2.87. The van der Waals surface area contributed by atoms with E-state index in [4.69, 9.17) is 5.73 Å². The van der Waals surface area contributed by atoms with Gasteiger partial charge in [0.1, 0.15) is 0 Å². The highest BCUT2D eigenvalue weighted by Crippen LogP contribution is 2.13. The van der Waals surface area contributed by atoms with E-state index in [0.29, 0.717) is 13.1 Å². The number of carbonyl (C=O) groups is 1. The number of unbranched alkanes of at least 4 members (excludes halogenated alkanes) is 1. The van der Waals surface area contributed by atoms with Crippen LogP contribution >= 0.6 is 0 Å². The van der Waals surface area contributed by atoms with Crippen molar-refractivity contribution in [3.63, 3.8) is 0 Å². The van der Waals surface area contributed by atoms with Crippen molar-refractivity contribution in [2.75, 3.05) is 19.6 Å². The van der Waals surface area contributed by atoms with E-state index in [0.717, 1.165) is 30.5 Å². The summed E-state index contributed by atoms with van der Waals surface area (Å²) in [6.07, 6.45) is 2.11. The lowest BCUT2D eigenvalue weighted by molar-refractivity contribution is 0.0757. The van der Waals surface area contributed by atoms with E-state index in [1.54, 1.807) is 0 Å². The van der Waals surface area contributed by atoms with Gasteiger partial charge in [-0.25, -0.2) is 0 Å². The number of aryl methyl sites for hydroxylation is 2. The zero-order valence-corrected chi connectivity index (χ0v) is 11.7. The molecule has 18 heavy (non-hydrogen) atoms. The molecule has 0 saturated carbocycles. The summed E-state index contributed by atoms with van der Waals surface area (Å²) in [5.74, 6) is 0.103. The molecular formula is C15H24N2O. The lowest BCUT2D eigenvalue weighted by Crippen LogP contribution is -2.36. The van der Waals surface area contributed by atoms with Crippen LogP contribution in [0.5, 0.6) is 0 Å². The molecule has 3 nitrogen and oxygen atoms in total. The van der Waals surface area contributed by atoms with Gasteiger partial charge in [0.15, 0.2) is 0 Å². The van der Waals surface area contributed by atoms with Crippen LogP contribution in [-0.2, 0) is 0 Å². The largest absolute Gasteiger partial charge is 0.337 e. The van der Waals surface area contributed by atoms with Crippen LogP contribution < -0.4 is 5.73 Å². The molecule has 0 aromatic heterocycles. The molecule has 1 amide bonds. The molecule has 1 aromatic carbocycles. The third kappa shape index (κ3) is 3.84. The first-order valence-electron chi connectivity index (χ1n) is 6.66. The Morgan fingerprint density at radius 2 is 2.00 bits per heavy atom. The van der Waals surface area contributed by atoms with Crippen molar-refractivity contribution in [1.29, 1.82) is 0 Å². The zero-order valence-electron chi connectivity index (χ0n) is 11.7. The molecule has 2 N–H and O–H groups in total. The number of nitrogens with two attached hydrogens (primary N) is 1. The standard InChI is InChI=1S/C15H24N2O/c1-4-5-9-17(10-8-16)15(18)14-7-6-12(2)11-13(14)3/h6-7,11H,4-5,8-10,16H2,1-3H3. The number of nitrogens with zero attached hydrogens (tertiary/aromatic N) is 1. The van der Waals surface area contributed by atoms with Gasteiger partial charge in [-0.15, -0.1) is 0 Å². The van der Waals surface area contributed by atoms with E-state index in [1.807, 2.05) is 36.9 Å². The maximum absolute atomic E-state index is 12.4. The van der Waals surface area contributed by atoms with E-state index in [-0.39, 0.29) is 5.91 Å². The smallest absolute Gasteiger partial charge is 0.254 e. The Morgan fingerprint density at radius 3 is 2.56 bits per heavy atom. The first kappa shape index (κ1) is 14.7. The van der Waals surface area contributed by atoms with Crippen LogP contribution in [0.2, 0.25) is 0 Å². The Kier molecular flexibility index (Phi) is 5.86. The third-order valence-electron chi connectivity index (χ3n) is 3.08. The lowest BCUT2D eigenvalue weighted by atomic mass is 10.0. The van der Waals surface area contributed by atoms with Crippen molar-refractivity contribution in [2.45, 2.75) is 33.6 Å². The molecule has 0 aliphatic heterocycles. The van der Waals surface area contributed by atoms with Gasteiger partial charge in [-0.1, -0.05) is 31.0 Å². The van der Waals surface area contributed by atoms with Crippen LogP contribution in [0.4, 0.5) is 0 Å². The van der Waals surface area contributed by atoms with Gasteiger partial charge in [0.05, 0.1) is 0 Å². The Bertz CT molecular complexity index is 401. The number of hydrogen-bond acceptors (Lipinski definition) is 2. The van der Waals surface area contributed by atoms with Crippen LogP contribution in [0.3, 0.4) is 0 Å². The van der Waals surface area contributed by atoms with Gasteiger partial charge in [0.25, 0.3) is 5.91 Å². The van der Waals surface area contributed by atoms with Crippen LogP contribution in [0.15, 0.2) is 18.2 Å². The first-order valence-corrected chi connectivity index (χ1v) is 6.66. The minimum absolute atomic E-state index is 0.103. The molecule has 3 heteroatoms. The predicted octanol–water partition coefficient (Wildman–Crippen LogP) is 2.50. The van der Waals surface area contributed by atoms with E-state index >= 15 is 0 Å². The maximum Gasteiger partial charge on any atom is 0.254 e. The summed E-state index contributed by atoms with van der Waals surface area (Å²) < 4.78 is 0. The second-order valence-corrected chi connectivity index (χ2v) is 4.75. The zero-order chi connectivity index (χ0) is 13.5. The average Bonchev–Trinajstić information content (AvgIpc) is 2.33. The van der Waals surface area contributed by atoms with Crippen LogP contribution in [0, 0.1) is 13.8 Å². The molecular weight excluding hydrogens is 224 g/mol. The van der Waals surface area contributed by atoms with Crippen molar-refractivity contribution >= 4 is 5.91 Å². The topological polar surface area (TPSA) is 46.3 Å². The van der Waals surface area contributed by atoms with Crippen molar-refractivity contribution in [2.24, 2.45) is 5.73 Å². The van der Waals surface area contributed by atoms with Crippen molar-refractivity contribution in [3.8, 4) is 0 Å². The SMILES string of the molecule is CCCCN(CCN)C(=O)c1ccc(C)cc1C. The van der Waals surface area contributed by atoms with Crippen molar-refractivity contribution < 1.29 is 4.79 Å². The molecule has 0 atom stereocenters. The van der Waals surface area contributed by atoms with Gasteiger partial charge in [0, 0.05) is 25.2 Å². The molecule has 1 rings (SSSR count). The molecule has 0 heterocycles. The van der Waals surface area contributed by atoms with Gasteiger partial charge < -0.3 is 10.6 Å². The summed E-state index contributed by atoms with van der Waals surface area (Å²) in [6, 6.07) is 5.96. The summed E-state index contributed by atoms with van der Waals surface area (Å²) in [7, 11) is 0. The van der Waals surface area contributed by atoms with Crippen molar-refractivity contribution in [3.05, 3.63) is 34.9 Å². The van der Waals surface area contributed by atoms with Gasteiger partial charge in [0.2, 0.25) is 0 Å². The molecule has 100 valence electrons. The van der Waals surface area contributed by atoms with Gasteiger partial charge >= 0.3 is 0 Å². The highest BCUT2D eigenvalue weighted by molar-refractivity contribution is 5.95. The molecule has 0 bridgehead atoms. The van der Waals surface area contributed by atoms with Crippen molar-refractivity contribution in [1.82, 2.24) is 4.90 Å². The molecule has 1 aromatic rings. The van der Waals surface area contributed by atoms with Crippen LogP contribution in [0.25, 0.3) is 0 Å². The molecule has 0 spiro atoms. The number of amides is 1. The van der Waals surface area contributed by atoms with Crippen LogP contribution in [-0.4, -0.2) is 30.4 Å². The minimum atomic E-state index is 0.103. The monoisotopic (exact) mass is 248 g/mol. The third-order valence-corrected chi connectivity index (χ3v) is 3.08. The number of carbonyl (C=O) groups excluding carboxylic acids is 1. The predicted molar refractivity (Wildman–Crippen MR) is 75.8 cm³/mol. The van der Waals surface area contributed by atoms with Gasteiger partial charge in [-0.3, -0.25) is 4.79 Å². The van der Waals surface area contributed by atoms with E-state index < -0.39 is 0 Å². The summed E-state index contributed by atoms with van der Waals surface area (Å²) in [6.45, 7) is 8.09. The fourth-order valence-corrected chi connectivity index (χ4v) is 2.04. The van der Waals surface area contributed by atoms with E-state index in [1.165, 1.54) is 5.56 Å². The fraction of sp³-hybridized carbons (Fsp3) is 0.533. The molecule has 0 radical (unpaired) electrons. The molecule has 0 unspecified atom stereocenters. The average molecular weight is 248 g/mol. The number of benzene rings is 1. The van der Waals surface area contributed by atoms with Gasteiger partial charge in [-0.2, -0.15) is 0 Å². The first-order chi connectivity index (χ1) is 8.60. The second kappa shape index (κ2) is 7.17. The lowest BCUT2D eigenvalue weighted by Gasteiger charge is -2.22. The fourth-order valence-electron chi connectivity index (χ4n) is 2.04. The van der Waals surface area contributed by atoms with E-state index in [2.05, 4.69) is 6.92 Å². The van der Waals surface area contributed by atoms with E-state index in [9.17, 15) is 4.79 Å². The minimum Gasteiger partial charge on any atom is -0.337 e. The summed E-state index contributed by atoms with van der Waals surface area (Å²) >= 11 is 0. The Labute approximate surface area is 110 Å². The molecule has 0 aliphatic rings. The quantitative estimate of drug-likeness (QED) is 0.840. The Morgan fingerprint density at radius 1 is 1.28 bits per heavy atom. The highest BCUT2D eigenvalue weighted by atomic mass is 16.2.